The first-order valence-corrected chi connectivity index (χ1v) is 17.3. The SMILES string of the molecule is CCCCC1C/C=C/C=C/C=C/C=C/[C@H](O[C@@H]2O[C@H](C)[C@@H](O)[C@H](N)[C@@H]2O)C[C@@H]2O[C@](O)(C[C@@H](O)C[C@H](C)O/C=C/C(=O)O1)C[C@H](O)[C@H]2C(=O)O. The fourth-order valence-electron chi connectivity index (χ4n) is 6.25. The number of aliphatic hydroxyl groups excluding tert-OH is 4. The summed E-state index contributed by atoms with van der Waals surface area (Å²) in [7, 11) is 0. The summed E-state index contributed by atoms with van der Waals surface area (Å²) in [4.78, 5) is 24.7. The van der Waals surface area contributed by atoms with E-state index in [2.05, 4.69) is 6.92 Å². The van der Waals surface area contributed by atoms with E-state index in [0.29, 0.717) is 12.8 Å². The van der Waals surface area contributed by atoms with Gasteiger partial charge in [0, 0.05) is 32.1 Å². The number of allylic oxidation sites excluding steroid dienone is 6. The largest absolute Gasteiger partial charge is 0.498 e. The number of carboxylic acid groups (broad SMARTS) is 1. The molecule has 0 spiro atoms. The second-order valence-electron chi connectivity index (χ2n) is 13.3. The number of aliphatic carboxylic acids is 1. The van der Waals surface area contributed by atoms with Gasteiger partial charge in [0.15, 0.2) is 12.1 Å². The van der Waals surface area contributed by atoms with Gasteiger partial charge in [-0.2, -0.15) is 0 Å². The highest BCUT2D eigenvalue weighted by Gasteiger charge is 2.50. The Balaban J connectivity index is 1.91. The maximum Gasteiger partial charge on any atom is 0.334 e. The normalized spacial score (nSPS) is 42.9. The standard InChI is InChI=1S/C36H55NO13/c1-4-5-13-25-14-11-9-7-6-8-10-12-15-26(49-35-33(42)31(37)32(41)23(3)47-35)19-28-30(34(43)44)27(39)21-36(45,50-28)20-24(38)18-22(2)46-17-16-29(40)48-25/h6-12,15-17,22-28,30-33,35,38-39,41-42,45H,4-5,13-14,18-21,37H2,1-3H3,(H,43,44)/b7-6+,10-8+,11-9+,15-12+,17-16+/t22-,23+,24-,25?,26-,27-,28-,30+,31-,32+,33-,35-,36+/m0/s1. The predicted octanol–water partition coefficient (Wildman–Crippen LogP) is 1.89. The molecule has 0 amide bonds. The molecule has 0 radical (unpaired) electrons. The molecule has 14 heteroatoms. The van der Waals surface area contributed by atoms with Gasteiger partial charge in [-0.3, -0.25) is 4.79 Å². The van der Waals surface area contributed by atoms with Crippen molar-refractivity contribution in [2.24, 2.45) is 11.7 Å². The number of cyclic esters (lactones) is 1. The molecule has 8 N–H and O–H groups in total. The number of aliphatic hydroxyl groups is 5. The predicted molar refractivity (Wildman–Crippen MR) is 181 cm³/mol. The third-order valence-corrected chi connectivity index (χ3v) is 8.92. The topological polar surface area (TPSA) is 228 Å². The maximum absolute atomic E-state index is 12.4. The molecule has 14 nitrogen and oxygen atoms in total. The lowest BCUT2D eigenvalue weighted by atomic mass is 9.83. The molecule has 3 rings (SSSR count). The minimum Gasteiger partial charge on any atom is -0.498 e. The number of unbranched alkanes of at least 4 members (excludes halogenated alkanes) is 1. The summed E-state index contributed by atoms with van der Waals surface area (Å²) in [6.07, 6.45) is 7.63. The number of fused-ring (bicyclic) bond motifs is 2. The van der Waals surface area contributed by atoms with Gasteiger partial charge >= 0.3 is 11.9 Å². The van der Waals surface area contributed by atoms with Gasteiger partial charge in [-0.05, 0) is 20.3 Å². The smallest absolute Gasteiger partial charge is 0.334 e. The van der Waals surface area contributed by atoms with Crippen LogP contribution in [0.1, 0.15) is 72.1 Å². The number of hydrogen-bond acceptors (Lipinski definition) is 13. The molecule has 2 bridgehead atoms. The van der Waals surface area contributed by atoms with Crippen LogP contribution in [-0.4, -0.2) is 116 Å². The average Bonchev–Trinajstić information content (AvgIpc) is 3.02. The molecule has 3 aliphatic heterocycles. The van der Waals surface area contributed by atoms with Crippen LogP contribution in [0.4, 0.5) is 0 Å². The third-order valence-electron chi connectivity index (χ3n) is 8.92. The number of carbonyl (C=O) groups excluding carboxylic acids is 1. The van der Waals surface area contributed by atoms with E-state index in [1.54, 1.807) is 50.3 Å². The Bertz CT molecular complexity index is 1220. The highest BCUT2D eigenvalue weighted by molar-refractivity contribution is 5.81. The van der Waals surface area contributed by atoms with Crippen molar-refractivity contribution >= 4 is 11.9 Å². The number of hydrogen-bond donors (Lipinski definition) is 7. The molecule has 2 saturated heterocycles. The van der Waals surface area contributed by atoms with Crippen molar-refractivity contribution < 1.29 is 63.9 Å². The first-order valence-electron chi connectivity index (χ1n) is 17.3. The second-order valence-corrected chi connectivity index (χ2v) is 13.3. The minimum atomic E-state index is -2.12. The lowest BCUT2D eigenvalue weighted by Crippen LogP contribution is -2.61. The summed E-state index contributed by atoms with van der Waals surface area (Å²) < 4.78 is 28.8. The van der Waals surface area contributed by atoms with Crippen molar-refractivity contribution in [2.45, 2.75) is 145 Å². The van der Waals surface area contributed by atoms with E-state index in [-0.39, 0.29) is 25.4 Å². The molecule has 3 aliphatic rings. The number of carboxylic acids is 1. The molecule has 282 valence electrons. The number of ether oxygens (including phenoxy) is 5. The molecule has 0 aliphatic carbocycles. The van der Waals surface area contributed by atoms with E-state index in [9.17, 15) is 40.2 Å². The molecule has 0 aromatic carbocycles. The highest BCUT2D eigenvalue weighted by atomic mass is 16.7. The second kappa shape index (κ2) is 20.2. The van der Waals surface area contributed by atoms with E-state index in [0.717, 1.165) is 12.8 Å². The van der Waals surface area contributed by atoms with Crippen molar-refractivity contribution in [3.05, 3.63) is 60.9 Å². The van der Waals surface area contributed by atoms with Crippen molar-refractivity contribution in [3.8, 4) is 0 Å². The van der Waals surface area contributed by atoms with Gasteiger partial charge in [0.2, 0.25) is 0 Å². The van der Waals surface area contributed by atoms with Gasteiger partial charge in [-0.25, -0.2) is 4.79 Å². The number of carbonyl (C=O) groups is 2. The molecule has 0 aromatic rings. The number of rotatable bonds is 6. The van der Waals surface area contributed by atoms with Gasteiger partial charge in [-0.15, -0.1) is 0 Å². The van der Waals surface area contributed by atoms with Crippen LogP contribution in [-0.2, 0) is 33.3 Å². The van der Waals surface area contributed by atoms with Crippen LogP contribution in [0.25, 0.3) is 0 Å². The van der Waals surface area contributed by atoms with Gasteiger partial charge < -0.3 is 60.1 Å². The van der Waals surface area contributed by atoms with Crippen LogP contribution >= 0.6 is 0 Å². The Kier molecular flexibility index (Phi) is 16.8. The summed E-state index contributed by atoms with van der Waals surface area (Å²) in [6, 6.07) is -1.08. The monoisotopic (exact) mass is 709 g/mol. The van der Waals surface area contributed by atoms with Crippen LogP contribution in [0.3, 0.4) is 0 Å². The van der Waals surface area contributed by atoms with Gasteiger partial charge in [0.1, 0.15) is 18.1 Å². The highest BCUT2D eigenvalue weighted by Crippen LogP contribution is 2.38. The molecule has 2 fully saturated rings. The van der Waals surface area contributed by atoms with Crippen molar-refractivity contribution in [3.63, 3.8) is 0 Å². The Labute approximate surface area is 293 Å². The molecule has 0 saturated carbocycles. The molecule has 3 heterocycles. The zero-order valence-corrected chi connectivity index (χ0v) is 29.0. The van der Waals surface area contributed by atoms with Gasteiger partial charge in [0.05, 0.1) is 61.1 Å². The maximum atomic E-state index is 12.4. The van der Waals surface area contributed by atoms with E-state index in [1.165, 1.54) is 12.3 Å². The summed E-state index contributed by atoms with van der Waals surface area (Å²) >= 11 is 0. The van der Waals surface area contributed by atoms with E-state index >= 15 is 0 Å². The Morgan fingerprint density at radius 2 is 1.72 bits per heavy atom. The van der Waals surface area contributed by atoms with Crippen LogP contribution in [0.15, 0.2) is 60.9 Å². The quantitative estimate of drug-likeness (QED) is 0.196. The first kappa shape index (κ1) is 41.5. The van der Waals surface area contributed by atoms with Crippen molar-refractivity contribution in [2.75, 3.05) is 0 Å². The first-order chi connectivity index (χ1) is 23.7. The van der Waals surface area contributed by atoms with Crippen LogP contribution in [0.5, 0.6) is 0 Å². The lowest BCUT2D eigenvalue weighted by Gasteiger charge is -2.45. The molecule has 1 unspecified atom stereocenters. The molecule has 0 aromatic heterocycles. The minimum absolute atomic E-state index is 0.00756. The van der Waals surface area contributed by atoms with Crippen LogP contribution in [0, 0.1) is 5.92 Å². The Morgan fingerprint density at radius 1 is 1.02 bits per heavy atom. The molecule has 50 heavy (non-hydrogen) atoms. The van der Waals surface area contributed by atoms with Gasteiger partial charge in [-0.1, -0.05) is 68.4 Å². The van der Waals surface area contributed by atoms with Crippen LogP contribution in [0.2, 0.25) is 0 Å². The Morgan fingerprint density at radius 3 is 2.42 bits per heavy atom. The zero-order chi connectivity index (χ0) is 36.8. The summed E-state index contributed by atoms with van der Waals surface area (Å²) in [5, 5.41) is 64.2. The summed E-state index contributed by atoms with van der Waals surface area (Å²) in [6.45, 7) is 5.28. The average molecular weight is 710 g/mol. The van der Waals surface area contributed by atoms with E-state index in [1.807, 2.05) is 12.2 Å². The summed E-state index contributed by atoms with van der Waals surface area (Å²) in [5.74, 6) is -5.52. The van der Waals surface area contributed by atoms with E-state index in [4.69, 9.17) is 29.4 Å². The molecular weight excluding hydrogens is 654 g/mol. The summed E-state index contributed by atoms with van der Waals surface area (Å²) in [5.41, 5.74) is 5.99. The zero-order valence-electron chi connectivity index (χ0n) is 29.0. The fourth-order valence-corrected chi connectivity index (χ4v) is 6.25. The lowest BCUT2D eigenvalue weighted by molar-refractivity contribution is -0.308. The molecule has 13 atom stereocenters. The third kappa shape index (κ3) is 13.0. The number of esters is 1. The fraction of sp³-hybridized carbons (Fsp3) is 0.667. The van der Waals surface area contributed by atoms with Crippen LogP contribution < -0.4 is 5.73 Å². The molecular formula is C36H55NO13. The van der Waals surface area contributed by atoms with Gasteiger partial charge in [0.25, 0.3) is 0 Å². The van der Waals surface area contributed by atoms with Crippen molar-refractivity contribution in [1.29, 1.82) is 0 Å². The van der Waals surface area contributed by atoms with Crippen molar-refractivity contribution in [1.82, 2.24) is 0 Å². The number of nitrogens with two attached hydrogens (primary N) is 1. The Hall–Kier alpha value is -2.92. The van der Waals surface area contributed by atoms with E-state index < -0.39 is 91.2 Å².